The number of rotatable bonds is 5. The van der Waals surface area contributed by atoms with Gasteiger partial charge in [0.1, 0.15) is 11.5 Å². The molecule has 1 amide bonds. The molecule has 0 atom stereocenters. The molecule has 2 heterocycles. The van der Waals surface area contributed by atoms with Gasteiger partial charge in [0.2, 0.25) is 0 Å². The van der Waals surface area contributed by atoms with E-state index < -0.39 is 10.8 Å². The summed E-state index contributed by atoms with van der Waals surface area (Å²) in [5.74, 6) is 0.173. The number of aromatic amines is 1. The van der Waals surface area contributed by atoms with Gasteiger partial charge < -0.3 is 15.2 Å². The number of amides is 1. The number of hydrogen-bond acceptors (Lipinski definition) is 5. The number of carbonyl (C=O) groups is 1. The Morgan fingerprint density at radius 1 is 1.06 bits per heavy atom. The molecule has 1 saturated heterocycles. The van der Waals surface area contributed by atoms with Gasteiger partial charge in [0.25, 0.3) is 11.6 Å². The molecule has 5 rings (SSSR count). The lowest BCUT2D eigenvalue weighted by Crippen LogP contribution is -2.30. The van der Waals surface area contributed by atoms with Gasteiger partial charge in [-0.15, -0.1) is 0 Å². The maximum absolute atomic E-state index is 13.0. The van der Waals surface area contributed by atoms with E-state index in [1.54, 1.807) is 24.3 Å². The van der Waals surface area contributed by atoms with Gasteiger partial charge in [-0.25, -0.2) is 4.98 Å². The zero-order valence-electron chi connectivity index (χ0n) is 18.3. The van der Waals surface area contributed by atoms with E-state index in [1.165, 1.54) is 6.07 Å². The Balaban J connectivity index is 1.42. The van der Waals surface area contributed by atoms with Crippen LogP contribution in [0.25, 0.3) is 22.4 Å². The molecule has 172 valence electrons. The Morgan fingerprint density at radius 3 is 2.62 bits per heavy atom. The highest BCUT2D eigenvalue weighted by atomic mass is 35.5. The van der Waals surface area contributed by atoms with Gasteiger partial charge in [-0.2, -0.15) is 0 Å². The molecule has 1 aliphatic heterocycles. The monoisotopic (exact) mass is 475 g/mol. The molecule has 0 spiro atoms. The maximum Gasteiger partial charge on any atom is 0.293 e. The number of piperidine rings is 1. The summed E-state index contributed by atoms with van der Waals surface area (Å²) in [5.41, 5.74) is 3.55. The highest BCUT2D eigenvalue weighted by molar-refractivity contribution is 6.34. The maximum atomic E-state index is 13.0. The quantitative estimate of drug-likeness (QED) is 0.270. The Bertz CT molecular complexity index is 1360. The minimum absolute atomic E-state index is 0.0725. The van der Waals surface area contributed by atoms with Crippen LogP contribution in [0.5, 0.6) is 0 Å². The molecule has 0 saturated carbocycles. The van der Waals surface area contributed by atoms with Crippen LogP contribution in [0, 0.1) is 10.1 Å². The van der Waals surface area contributed by atoms with Crippen molar-refractivity contribution in [2.75, 3.05) is 23.3 Å². The molecule has 1 aliphatic rings. The number of carbonyl (C=O) groups excluding carboxylic acids is 1. The van der Waals surface area contributed by atoms with Crippen molar-refractivity contribution in [3.8, 4) is 11.4 Å². The Morgan fingerprint density at radius 2 is 1.85 bits per heavy atom. The first kappa shape index (κ1) is 21.9. The Kier molecular flexibility index (Phi) is 5.90. The zero-order chi connectivity index (χ0) is 23.7. The second kappa shape index (κ2) is 9.15. The summed E-state index contributed by atoms with van der Waals surface area (Å²) in [6.07, 6.45) is 3.12. The molecular formula is C25H22ClN5O3. The molecule has 2 N–H and O–H groups in total. The van der Waals surface area contributed by atoms with Crippen molar-refractivity contribution >= 4 is 45.6 Å². The van der Waals surface area contributed by atoms with E-state index in [1.807, 2.05) is 35.2 Å². The molecule has 0 unspecified atom stereocenters. The largest absolute Gasteiger partial charge is 0.366 e. The lowest BCUT2D eigenvalue weighted by atomic mass is 10.1. The average molecular weight is 476 g/mol. The zero-order valence-corrected chi connectivity index (χ0v) is 19.0. The standard InChI is InChI=1S/C25H22ClN5O3/c26-18-10-8-16(24-27-19-6-2-3-7-20(19)28-24)14-21(18)29-25(32)17-9-11-22(23(15-17)31(33)34)30-12-4-1-5-13-30/h2-3,6-11,14-15H,1,4-5,12-13H2,(H,27,28)(H,29,32). The summed E-state index contributed by atoms with van der Waals surface area (Å²) in [7, 11) is 0. The van der Waals surface area contributed by atoms with E-state index >= 15 is 0 Å². The third kappa shape index (κ3) is 4.32. The summed E-state index contributed by atoms with van der Waals surface area (Å²) < 4.78 is 0. The molecule has 1 aromatic heterocycles. The van der Waals surface area contributed by atoms with Crippen LogP contribution < -0.4 is 10.2 Å². The summed E-state index contributed by atoms with van der Waals surface area (Å²) in [5, 5.41) is 14.9. The second-order valence-corrected chi connectivity index (χ2v) is 8.67. The molecule has 0 radical (unpaired) electrons. The minimum atomic E-state index is -0.475. The lowest BCUT2D eigenvalue weighted by Gasteiger charge is -2.28. The number of halogens is 1. The number of nitro groups is 1. The molecule has 4 aromatic rings. The number of nitro benzene ring substituents is 1. The Labute approximate surface area is 200 Å². The van der Waals surface area contributed by atoms with Crippen LogP contribution in [0.4, 0.5) is 17.1 Å². The number of imidazole rings is 1. The van der Waals surface area contributed by atoms with Crippen molar-refractivity contribution in [3.05, 3.63) is 81.4 Å². The summed E-state index contributed by atoms with van der Waals surface area (Å²) in [4.78, 5) is 34.1. The fraction of sp³-hybridized carbons (Fsp3) is 0.200. The number of benzene rings is 3. The van der Waals surface area contributed by atoms with Crippen molar-refractivity contribution in [1.82, 2.24) is 9.97 Å². The van der Waals surface area contributed by atoms with Crippen LogP contribution in [-0.2, 0) is 0 Å². The van der Waals surface area contributed by atoms with Crippen molar-refractivity contribution in [3.63, 3.8) is 0 Å². The van der Waals surface area contributed by atoms with Gasteiger partial charge >= 0.3 is 0 Å². The van der Waals surface area contributed by atoms with Crippen LogP contribution in [0.3, 0.4) is 0 Å². The lowest BCUT2D eigenvalue weighted by molar-refractivity contribution is -0.384. The van der Waals surface area contributed by atoms with Crippen LogP contribution in [0.2, 0.25) is 5.02 Å². The number of hydrogen-bond donors (Lipinski definition) is 2. The van der Waals surface area contributed by atoms with Gasteiger partial charge in [0.15, 0.2) is 0 Å². The van der Waals surface area contributed by atoms with Crippen LogP contribution >= 0.6 is 11.6 Å². The number of nitrogens with one attached hydrogen (secondary N) is 2. The summed E-state index contributed by atoms with van der Waals surface area (Å²) >= 11 is 6.34. The van der Waals surface area contributed by atoms with Crippen LogP contribution in [0.15, 0.2) is 60.7 Å². The number of H-pyrrole nitrogens is 1. The normalized spacial score (nSPS) is 13.7. The highest BCUT2D eigenvalue weighted by Crippen LogP contribution is 2.33. The molecule has 1 fully saturated rings. The smallest absolute Gasteiger partial charge is 0.293 e. The van der Waals surface area contributed by atoms with Crippen molar-refractivity contribution in [2.45, 2.75) is 19.3 Å². The number of aromatic nitrogens is 2. The van der Waals surface area contributed by atoms with Gasteiger partial charge in [-0.05, 0) is 61.7 Å². The Hall–Kier alpha value is -3.91. The molecule has 3 aromatic carbocycles. The topological polar surface area (TPSA) is 104 Å². The molecule has 34 heavy (non-hydrogen) atoms. The van der Waals surface area contributed by atoms with E-state index in [0.717, 1.165) is 48.9 Å². The first-order valence-electron chi connectivity index (χ1n) is 11.1. The predicted octanol–water partition coefficient (Wildman–Crippen LogP) is 6.03. The number of nitrogens with zero attached hydrogens (tertiary/aromatic N) is 3. The summed E-state index contributed by atoms with van der Waals surface area (Å²) in [6, 6.07) is 17.5. The van der Waals surface area contributed by atoms with E-state index in [-0.39, 0.29) is 11.3 Å². The van der Waals surface area contributed by atoms with Crippen LogP contribution in [-0.4, -0.2) is 33.9 Å². The van der Waals surface area contributed by atoms with E-state index in [9.17, 15) is 14.9 Å². The molecule has 0 aliphatic carbocycles. The number of fused-ring (bicyclic) bond motifs is 1. The number of anilines is 2. The fourth-order valence-electron chi connectivity index (χ4n) is 4.27. The van der Waals surface area contributed by atoms with E-state index in [4.69, 9.17) is 11.6 Å². The first-order valence-corrected chi connectivity index (χ1v) is 11.5. The second-order valence-electron chi connectivity index (χ2n) is 8.26. The predicted molar refractivity (Wildman–Crippen MR) is 134 cm³/mol. The molecule has 9 heteroatoms. The SMILES string of the molecule is O=C(Nc1cc(-c2nc3ccccc3[nH]2)ccc1Cl)c1ccc(N2CCCCC2)c([N+](=O)[O-])c1. The third-order valence-corrected chi connectivity index (χ3v) is 6.34. The van der Waals surface area contributed by atoms with Gasteiger partial charge in [-0.1, -0.05) is 23.7 Å². The first-order chi connectivity index (χ1) is 16.5. The van der Waals surface area contributed by atoms with Crippen molar-refractivity contribution < 1.29 is 9.72 Å². The van der Waals surface area contributed by atoms with Crippen molar-refractivity contribution in [2.24, 2.45) is 0 Å². The van der Waals surface area contributed by atoms with Crippen molar-refractivity contribution in [1.29, 1.82) is 0 Å². The van der Waals surface area contributed by atoms with Gasteiger partial charge in [0.05, 0.1) is 26.7 Å². The molecule has 0 bridgehead atoms. The average Bonchev–Trinajstić information content (AvgIpc) is 3.30. The fourth-order valence-corrected chi connectivity index (χ4v) is 4.43. The third-order valence-electron chi connectivity index (χ3n) is 6.01. The summed E-state index contributed by atoms with van der Waals surface area (Å²) in [6.45, 7) is 1.55. The van der Waals surface area contributed by atoms with Gasteiger partial charge in [-0.3, -0.25) is 14.9 Å². The molecular weight excluding hydrogens is 454 g/mol. The molecule has 8 nitrogen and oxygen atoms in total. The van der Waals surface area contributed by atoms with Gasteiger partial charge in [0, 0.05) is 30.3 Å². The number of para-hydroxylation sites is 2. The van der Waals surface area contributed by atoms with E-state index in [0.29, 0.717) is 22.2 Å². The minimum Gasteiger partial charge on any atom is -0.366 e. The highest BCUT2D eigenvalue weighted by Gasteiger charge is 2.23. The van der Waals surface area contributed by atoms with E-state index in [2.05, 4.69) is 15.3 Å². The van der Waals surface area contributed by atoms with Crippen LogP contribution in [0.1, 0.15) is 29.6 Å².